The van der Waals surface area contributed by atoms with E-state index in [0.717, 1.165) is 35.1 Å². The van der Waals surface area contributed by atoms with Crippen LogP contribution in [0, 0.1) is 13.8 Å². The lowest BCUT2D eigenvalue weighted by molar-refractivity contribution is 0.102. The zero-order valence-electron chi connectivity index (χ0n) is 14.6. The van der Waals surface area contributed by atoms with Gasteiger partial charge in [-0.25, -0.2) is 0 Å². The summed E-state index contributed by atoms with van der Waals surface area (Å²) in [5, 5.41) is 0. The number of allylic oxidation sites excluding steroid dienone is 1. The van der Waals surface area contributed by atoms with E-state index in [1.165, 1.54) is 11.1 Å². The molecule has 3 rings (SSSR count). The second-order valence-corrected chi connectivity index (χ2v) is 6.22. The van der Waals surface area contributed by atoms with E-state index >= 15 is 0 Å². The molecule has 2 aromatic rings. The van der Waals surface area contributed by atoms with Crippen LogP contribution in [0.5, 0.6) is 11.5 Å². The molecule has 24 heavy (non-hydrogen) atoms. The molecule has 1 aliphatic carbocycles. The number of Topliss-reactive ketones (excluding diaryl/α,β-unsaturated/α-hetero) is 1. The lowest BCUT2D eigenvalue weighted by Gasteiger charge is -2.20. The molecule has 0 atom stereocenters. The highest BCUT2D eigenvalue weighted by Gasteiger charge is 2.24. The van der Waals surface area contributed by atoms with Crippen molar-refractivity contribution in [2.75, 3.05) is 14.2 Å². The van der Waals surface area contributed by atoms with Crippen molar-refractivity contribution in [1.82, 2.24) is 0 Å². The maximum absolute atomic E-state index is 12.9. The van der Waals surface area contributed by atoms with Crippen LogP contribution in [0.25, 0.3) is 6.08 Å². The van der Waals surface area contributed by atoms with Gasteiger partial charge in [-0.2, -0.15) is 0 Å². The van der Waals surface area contributed by atoms with E-state index in [2.05, 4.69) is 32.0 Å². The average Bonchev–Trinajstić information content (AvgIpc) is 2.59. The molecule has 0 aromatic heterocycles. The maximum Gasteiger partial charge on any atom is 0.189 e. The van der Waals surface area contributed by atoms with Crippen LogP contribution in [0.3, 0.4) is 0 Å². The zero-order chi connectivity index (χ0) is 17.3. The topological polar surface area (TPSA) is 35.5 Å². The van der Waals surface area contributed by atoms with Crippen molar-refractivity contribution in [3.8, 4) is 11.5 Å². The molecule has 124 valence electrons. The summed E-state index contributed by atoms with van der Waals surface area (Å²) in [6, 6.07) is 10.0. The van der Waals surface area contributed by atoms with Crippen LogP contribution in [0.2, 0.25) is 0 Å². The Morgan fingerprint density at radius 3 is 2.38 bits per heavy atom. The molecule has 0 bridgehead atoms. The molecule has 0 fully saturated rings. The first kappa shape index (κ1) is 16.3. The third-order valence-corrected chi connectivity index (χ3v) is 4.57. The number of benzene rings is 2. The fourth-order valence-electron chi connectivity index (χ4n) is 3.14. The molecule has 0 N–H and O–H groups in total. The monoisotopic (exact) mass is 322 g/mol. The number of hydrogen-bond donors (Lipinski definition) is 0. The lowest BCUT2D eigenvalue weighted by atomic mass is 9.85. The van der Waals surface area contributed by atoms with Gasteiger partial charge in [-0.3, -0.25) is 4.79 Å². The summed E-state index contributed by atoms with van der Waals surface area (Å²) in [6.45, 7) is 4.14. The Bertz CT molecular complexity index is 831. The Hall–Kier alpha value is -2.55. The molecule has 0 unspecified atom stereocenters. The number of ether oxygens (including phenoxy) is 2. The van der Waals surface area contributed by atoms with E-state index in [4.69, 9.17) is 9.47 Å². The Kier molecular flexibility index (Phi) is 4.43. The first-order valence-corrected chi connectivity index (χ1v) is 8.11. The molecule has 0 saturated heterocycles. The number of carbonyl (C=O) groups excluding carboxylic acids is 1. The number of hydrogen-bond acceptors (Lipinski definition) is 3. The first-order valence-electron chi connectivity index (χ1n) is 8.11. The highest BCUT2D eigenvalue weighted by molar-refractivity contribution is 6.13. The van der Waals surface area contributed by atoms with Crippen molar-refractivity contribution >= 4 is 11.9 Å². The minimum absolute atomic E-state index is 0.0816. The fraction of sp³-hybridized carbons (Fsp3) is 0.286. The Balaban J connectivity index is 2.03. The van der Waals surface area contributed by atoms with Gasteiger partial charge in [0.2, 0.25) is 0 Å². The second-order valence-electron chi connectivity index (χ2n) is 6.22. The van der Waals surface area contributed by atoms with Crippen molar-refractivity contribution in [2.45, 2.75) is 26.7 Å². The summed E-state index contributed by atoms with van der Waals surface area (Å²) < 4.78 is 10.7. The van der Waals surface area contributed by atoms with Crippen LogP contribution in [-0.4, -0.2) is 20.0 Å². The largest absolute Gasteiger partial charge is 0.493 e. The predicted molar refractivity (Wildman–Crippen MR) is 96.1 cm³/mol. The van der Waals surface area contributed by atoms with Crippen LogP contribution in [0.4, 0.5) is 0 Å². The SMILES string of the molecule is COc1cc2c(cc1OC)C(=O)/C(=C/c1cc(C)ccc1C)CC2. The van der Waals surface area contributed by atoms with Gasteiger partial charge >= 0.3 is 0 Å². The van der Waals surface area contributed by atoms with Crippen LogP contribution >= 0.6 is 0 Å². The standard InChI is InChI=1S/C21H22O3/c1-13-5-6-14(2)17(9-13)10-16-8-7-15-11-19(23-3)20(24-4)12-18(15)21(16)22/h5-6,9-12H,7-8H2,1-4H3/b16-10+. The third-order valence-electron chi connectivity index (χ3n) is 4.57. The van der Waals surface area contributed by atoms with E-state index in [1.54, 1.807) is 20.3 Å². The van der Waals surface area contributed by atoms with Gasteiger partial charge in [0.25, 0.3) is 0 Å². The van der Waals surface area contributed by atoms with Crippen LogP contribution in [-0.2, 0) is 6.42 Å². The Morgan fingerprint density at radius 1 is 0.958 bits per heavy atom. The van der Waals surface area contributed by atoms with Crippen molar-refractivity contribution in [3.05, 3.63) is 63.7 Å². The Labute approximate surface area is 142 Å². The van der Waals surface area contributed by atoms with Crippen molar-refractivity contribution in [3.63, 3.8) is 0 Å². The van der Waals surface area contributed by atoms with Crippen molar-refractivity contribution in [2.24, 2.45) is 0 Å². The van der Waals surface area contributed by atoms with Gasteiger partial charge in [0.15, 0.2) is 17.3 Å². The average molecular weight is 322 g/mol. The van der Waals surface area contributed by atoms with Gasteiger partial charge in [-0.15, -0.1) is 0 Å². The zero-order valence-corrected chi connectivity index (χ0v) is 14.6. The van der Waals surface area contributed by atoms with Gasteiger partial charge in [0.05, 0.1) is 14.2 Å². The van der Waals surface area contributed by atoms with Crippen LogP contribution < -0.4 is 9.47 Å². The number of carbonyl (C=O) groups is 1. The fourth-order valence-corrected chi connectivity index (χ4v) is 3.14. The highest BCUT2D eigenvalue weighted by Crippen LogP contribution is 2.36. The van der Waals surface area contributed by atoms with E-state index in [9.17, 15) is 4.79 Å². The first-order chi connectivity index (χ1) is 11.5. The second kappa shape index (κ2) is 6.52. The van der Waals surface area contributed by atoms with Crippen LogP contribution in [0.15, 0.2) is 35.9 Å². The molecule has 0 heterocycles. The molecule has 0 spiro atoms. The van der Waals surface area contributed by atoms with Gasteiger partial charge in [0, 0.05) is 11.1 Å². The molecule has 0 radical (unpaired) electrons. The minimum atomic E-state index is 0.0816. The summed E-state index contributed by atoms with van der Waals surface area (Å²) >= 11 is 0. The molecule has 2 aromatic carbocycles. The smallest absolute Gasteiger partial charge is 0.189 e. The molecule has 3 heteroatoms. The van der Waals surface area contributed by atoms with Gasteiger partial charge in [0.1, 0.15) is 0 Å². The highest BCUT2D eigenvalue weighted by atomic mass is 16.5. The van der Waals surface area contributed by atoms with Crippen LogP contribution in [0.1, 0.15) is 39.0 Å². The van der Waals surface area contributed by atoms with E-state index in [-0.39, 0.29) is 5.78 Å². The summed E-state index contributed by atoms with van der Waals surface area (Å²) in [6.07, 6.45) is 3.61. The molecule has 0 aliphatic heterocycles. The maximum atomic E-state index is 12.9. The molecule has 0 amide bonds. The number of rotatable bonds is 3. The number of aryl methyl sites for hydroxylation is 3. The summed E-state index contributed by atoms with van der Waals surface area (Å²) in [5.41, 5.74) is 6.08. The molecular weight excluding hydrogens is 300 g/mol. The number of ketones is 1. The normalized spacial score (nSPS) is 15.3. The minimum Gasteiger partial charge on any atom is -0.493 e. The summed E-state index contributed by atoms with van der Waals surface area (Å²) in [4.78, 5) is 12.9. The van der Waals surface area contributed by atoms with E-state index in [0.29, 0.717) is 11.5 Å². The van der Waals surface area contributed by atoms with Gasteiger partial charge < -0.3 is 9.47 Å². The number of fused-ring (bicyclic) bond motifs is 1. The molecule has 3 nitrogen and oxygen atoms in total. The molecule has 1 aliphatic rings. The summed E-state index contributed by atoms with van der Waals surface area (Å²) in [5.74, 6) is 1.35. The predicted octanol–water partition coefficient (Wildman–Crippen LogP) is 4.53. The molecular formula is C21H22O3. The van der Waals surface area contributed by atoms with Gasteiger partial charge in [-0.1, -0.05) is 23.8 Å². The van der Waals surface area contributed by atoms with Gasteiger partial charge in [-0.05, 0) is 61.6 Å². The summed E-state index contributed by atoms with van der Waals surface area (Å²) in [7, 11) is 3.20. The van der Waals surface area contributed by atoms with Crippen molar-refractivity contribution in [1.29, 1.82) is 0 Å². The third kappa shape index (κ3) is 2.94. The lowest BCUT2D eigenvalue weighted by Crippen LogP contribution is -2.14. The van der Waals surface area contributed by atoms with Crippen molar-refractivity contribution < 1.29 is 14.3 Å². The number of methoxy groups -OCH3 is 2. The molecule has 0 saturated carbocycles. The quantitative estimate of drug-likeness (QED) is 0.779. The van der Waals surface area contributed by atoms with E-state index < -0.39 is 0 Å². The Morgan fingerprint density at radius 2 is 1.67 bits per heavy atom. The van der Waals surface area contributed by atoms with E-state index in [1.807, 2.05) is 12.1 Å².